The lowest BCUT2D eigenvalue weighted by atomic mass is 10.0. The van der Waals surface area contributed by atoms with E-state index in [-0.39, 0.29) is 0 Å². The van der Waals surface area contributed by atoms with Crippen molar-refractivity contribution >= 4 is 11.6 Å². The molecule has 3 nitrogen and oxygen atoms in total. The fourth-order valence-electron chi connectivity index (χ4n) is 4.66. The third-order valence-electron chi connectivity index (χ3n) is 6.27. The highest BCUT2D eigenvalue weighted by molar-refractivity contribution is 6.30. The molecule has 1 aliphatic rings. The number of hydrogen-bond acceptors (Lipinski definition) is 2. The van der Waals surface area contributed by atoms with Gasteiger partial charge in [0.05, 0.1) is 5.69 Å². The van der Waals surface area contributed by atoms with E-state index in [0.29, 0.717) is 11.2 Å². The summed E-state index contributed by atoms with van der Waals surface area (Å²) in [6.07, 6.45) is 5.02. The summed E-state index contributed by atoms with van der Waals surface area (Å²) in [6.45, 7) is 6.21. The largest absolute Gasteiger partial charge is 0.329 e. The third-order valence-corrected chi connectivity index (χ3v) is 6.57. The van der Waals surface area contributed by atoms with Crippen LogP contribution in [0.15, 0.2) is 48.5 Å². The first-order chi connectivity index (χ1) is 14.1. The Balaban J connectivity index is 1.69. The monoisotopic (exact) mass is 407 g/mol. The zero-order valence-electron chi connectivity index (χ0n) is 17.7. The summed E-state index contributed by atoms with van der Waals surface area (Å²) in [7, 11) is 2.10. The molecule has 1 aromatic heterocycles. The predicted octanol–water partition coefficient (Wildman–Crippen LogP) is 6.47. The third kappa shape index (κ3) is 4.12. The van der Waals surface area contributed by atoms with Gasteiger partial charge in [-0.05, 0) is 49.9 Å². The molecule has 152 valence electrons. The Morgan fingerprint density at radius 2 is 1.69 bits per heavy atom. The fraction of sp³-hybridized carbons (Fsp3) is 0.400. The molecule has 1 unspecified atom stereocenters. The molecule has 1 fully saturated rings. The topological polar surface area (TPSA) is 21.1 Å². The van der Waals surface area contributed by atoms with Gasteiger partial charge in [0, 0.05) is 25.2 Å². The molecule has 3 aromatic rings. The number of benzene rings is 2. The summed E-state index contributed by atoms with van der Waals surface area (Å²) in [4.78, 5) is 7.39. The van der Waals surface area contributed by atoms with Gasteiger partial charge in [-0.2, -0.15) is 0 Å². The van der Waals surface area contributed by atoms with Gasteiger partial charge in [-0.15, -0.1) is 0 Å². The van der Waals surface area contributed by atoms with Gasteiger partial charge < -0.3 is 4.57 Å². The highest BCUT2D eigenvalue weighted by Crippen LogP contribution is 2.34. The molecule has 0 saturated carbocycles. The van der Waals surface area contributed by atoms with Gasteiger partial charge in [0.15, 0.2) is 5.15 Å². The van der Waals surface area contributed by atoms with Crippen LogP contribution in [0.3, 0.4) is 0 Å². The van der Waals surface area contributed by atoms with Crippen LogP contribution in [0.5, 0.6) is 0 Å². The minimum absolute atomic E-state index is 0.438. The van der Waals surface area contributed by atoms with Crippen molar-refractivity contribution in [2.75, 3.05) is 6.54 Å². The molecule has 0 radical (unpaired) electrons. The van der Waals surface area contributed by atoms with Gasteiger partial charge in [0.2, 0.25) is 0 Å². The second-order valence-corrected chi connectivity index (χ2v) is 8.60. The molecule has 2 aromatic carbocycles. The summed E-state index contributed by atoms with van der Waals surface area (Å²) in [5.41, 5.74) is 6.17. The molecule has 0 aliphatic carbocycles. The molecule has 1 saturated heterocycles. The van der Waals surface area contributed by atoms with Crippen molar-refractivity contribution < 1.29 is 0 Å². The summed E-state index contributed by atoms with van der Waals surface area (Å²) in [5, 5.41) is 0.626. The van der Waals surface area contributed by atoms with E-state index in [9.17, 15) is 0 Å². The van der Waals surface area contributed by atoms with Crippen molar-refractivity contribution in [3.8, 4) is 11.4 Å². The minimum Gasteiger partial charge on any atom is -0.329 e. The SMILES string of the molecule is Cc1cccc(C)c1-c1nc(Cl)c(CN2CCCCCC2c2ccccc2)n1C. The predicted molar refractivity (Wildman–Crippen MR) is 121 cm³/mol. The highest BCUT2D eigenvalue weighted by Gasteiger charge is 2.26. The number of hydrogen-bond donors (Lipinski definition) is 0. The van der Waals surface area contributed by atoms with Crippen LogP contribution in [0.4, 0.5) is 0 Å². The van der Waals surface area contributed by atoms with Crippen LogP contribution < -0.4 is 0 Å². The Labute approximate surface area is 179 Å². The first-order valence-corrected chi connectivity index (χ1v) is 11.0. The normalized spacial score (nSPS) is 18.0. The van der Waals surface area contributed by atoms with E-state index in [1.54, 1.807) is 0 Å². The van der Waals surface area contributed by atoms with Crippen LogP contribution in [-0.2, 0) is 13.6 Å². The van der Waals surface area contributed by atoms with E-state index in [1.165, 1.54) is 47.9 Å². The fourth-order valence-corrected chi connectivity index (χ4v) is 4.93. The van der Waals surface area contributed by atoms with Crippen LogP contribution >= 0.6 is 11.6 Å². The molecule has 1 atom stereocenters. The first kappa shape index (κ1) is 20.2. The van der Waals surface area contributed by atoms with Crippen LogP contribution in [0, 0.1) is 13.8 Å². The molecule has 29 heavy (non-hydrogen) atoms. The van der Waals surface area contributed by atoms with E-state index in [0.717, 1.165) is 24.6 Å². The van der Waals surface area contributed by atoms with Crippen LogP contribution in [0.2, 0.25) is 5.15 Å². The maximum Gasteiger partial charge on any atom is 0.152 e. The van der Waals surface area contributed by atoms with Gasteiger partial charge in [-0.25, -0.2) is 4.98 Å². The molecular formula is C25H30ClN3. The number of likely N-dealkylation sites (tertiary alicyclic amines) is 1. The lowest BCUT2D eigenvalue weighted by Gasteiger charge is -2.30. The Bertz CT molecular complexity index is 957. The van der Waals surface area contributed by atoms with E-state index < -0.39 is 0 Å². The zero-order valence-corrected chi connectivity index (χ0v) is 18.4. The molecule has 0 amide bonds. The molecule has 2 heterocycles. The Kier molecular flexibility index (Phi) is 6.07. The smallest absolute Gasteiger partial charge is 0.152 e. The van der Waals surface area contributed by atoms with Gasteiger partial charge >= 0.3 is 0 Å². The Morgan fingerprint density at radius 1 is 0.966 bits per heavy atom. The van der Waals surface area contributed by atoms with E-state index in [2.05, 4.69) is 78.9 Å². The van der Waals surface area contributed by atoms with Gasteiger partial charge in [0.1, 0.15) is 5.82 Å². The first-order valence-electron chi connectivity index (χ1n) is 10.6. The standard InChI is InChI=1S/C25H30ClN3/c1-18-11-10-12-19(2)23(18)25-27-24(26)22(28(25)3)17-29-16-9-5-8-15-21(29)20-13-6-4-7-14-20/h4,6-7,10-14,21H,5,8-9,15-17H2,1-3H3. The Morgan fingerprint density at radius 3 is 2.41 bits per heavy atom. The van der Waals surface area contributed by atoms with Crippen molar-refractivity contribution in [1.82, 2.24) is 14.5 Å². The molecule has 4 rings (SSSR count). The van der Waals surface area contributed by atoms with Crippen LogP contribution in [-0.4, -0.2) is 21.0 Å². The molecule has 0 bridgehead atoms. The van der Waals surface area contributed by atoms with E-state index in [1.807, 2.05) is 0 Å². The maximum absolute atomic E-state index is 6.70. The number of halogens is 1. The van der Waals surface area contributed by atoms with E-state index >= 15 is 0 Å². The van der Waals surface area contributed by atoms with Crippen molar-refractivity contribution in [3.63, 3.8) is 0 Å². The molecule has 1 aliphatic heterocycles. The number of nitrogens with zero attached hydrogens (tertiary/aromatic N) is 3. The van der Waals surface area contributed by atoms with Crippen molar-refractivity contribution in [2.45, 2.75) is 52.1 Å². The van der Waals surface area contributed by atoms with Gasteiger partial charge in [-0.3, -0.25) is 4.90 Å². The van der Waals surface area contributed by atoms with Crippen LogP contribution in [0.25, 0.3) is 11.4 Å². The van der Waals surface area contributed by atoms with Crippen LogP contribution in [0.1, 0.15) is 54.1 Å². The summed E-state index contributed by atoms with van der Waals surface area (Å²) < 4.78 is 2.20. The molecular weight excluding hydrogens is 378 g/mol. The number of imidazole rings is 1. The molecule has 0 N–H and O–H groups in total. The average molecular weight is 408 g/mol. The second kappa shape index (κ2) is 8.73. The minimum atomic E-state index is 0.438. The second-order valence-electron chi connectivity index (χ2n) is 8.25. The number of rotatable bonds is 4. The van der Waals surface area contributed by atoms with Crippen molar-refractivity contribution in [3.05, 3.63) is 76.1 Å². The molecule has 4 heteroatoms. The molecule has 0 spiro atoms. The summed E-state index contributed by atoms with van der Waals surface area (Å²) in [6, 6.07) is 17.7. The van der Waals surface area contributed by atoms with Crippen molar-refractivity contribution in [1.29, 1.82) is 0 Å². The van der Waals surface area contributed by atoms with E-state index in [4.69, 9.17) is 16.6 Å². The summed E-state index contributed by atoms with van der Waals surface area (Å²) >= 11 is 6.70. The van der Waals surface area contributed by atoms with Gasteiger partial charge in [-0.1, -0.05) is 73.0 Å². The van der Waals surface area contributed by atoms with Crippen molar-refractivity contribution in [2.24, 2.45) is 7.05 Å². The maximum atomic E-state index is 6.70. The zero-order chi connectivity index (χ0) is 20.4. The Hall–Kier alpha value is -2.10. The lowest BCUT2D eigenvalue weighted by Crippen LogP contribution is -2.29. The number of aromatic nitrogens is 2. The number of aryl methyl sites for hydroxylation is 2. The van der Waals surface area contributed by atoms with Gasteiger partial charge in [0.25, 0.3) is 0 Å². The average Bonchev–Trinajstić information content (AvgIpc) is 2.88. The lowest BCUT2D eigenvalue weighted by molar-refractivity contribution is 0.188. The highest BCUT2D eigenvalue weighted by atomic mass is 35.5. The quantitative estimate of drug-likeness (QED) is 0.493. The summed E-state index contributed by atoms with van der Waals surface area (Å²) in [5.74, 6) is 0.965.